The Hall–Kier alpha value is -1.55. The number of ether oxygens (including phenoxy) is 1. The van der Waals surface area contributed by atoms with Crippen LogP contribution in [0, 0.1) is 0 Å². The van der Waals surface area contributed by atoms with E-state index in [0.717, 1.165) is 25.0 Å². The standard InChI is InChI=1S/C14H20N2O2/c1-11(13-8-5-9-18-13)16-14(17)15-10-12-6-3-2-4-7-12/h2-4,6-7,11,13H,5,8-10H2,1H3,(H2,15,16,17)/t11-,13+/m0/s1. The van der Waals surface area contributed by atoms with Crippen molar-refractivity contribution in [3.63, 3.8) is 0 Å². The SMILES string of the molecule is C[C@H](NC(=O)NCc1ccccc1)[C@H]1CCCO1. The average molecular weight is 248 g/mol. The maximum Gasteiger partial charge on any atom is 0.315 e. The van der Waals surface area contributed by atoms with Crippen molar-refractivity contribution in [1.82, 2.24) is 10.6 Å². The van der Waals surface area contributed by atoms with E-state index in [9.17, 15) is 4.79 Å². The lowest BCUT2D eigenvalue weighted by Crippen LogP contribution is -2.45. The van der Waals surface area contributed by atoms with Crippen LogP contribution in [0.2, 0.25) is 0 Å². The van der Waals surface area contributed by atoms with E-state index in [1.54, 1.807) is 0 Å². The first kappa shape index (κ1) is 12.9. The molecule has 4 heteroatoms. The van der Waals surface area contributed by atoms with Gasteiger partial charge in [-0.25, -0.2) is 4.79 Å². The summed E-state index contributed by atoms with van der Waals surface area (Å²) < 4.78 is 5.54. The zero-order chi connectivity index (χ0) is 12.8. The molecular weight excluding hydrogens is 228 g/mol. The second kappa shape index (κ2) is 6.40. The molecule has 0 aromatic heterocycles. The zero-order valence-corrected chi connectivity index (χ0v) is 10.7. The summed E-state index contributed by atoms with van der Waals surface area (Å²) in [5.74, 6) is 0. The van der Waals surface area contributed by atoms with Gasteiger partial charge in [0.15, 0.2) is 0 Å². The Balaban J connectivity index is 1.71. The van der Waals surface area contributed by atoms with Gasteiger partial charge in [0.05, 0.1) is 12.1 Å². The molecule has 4 nitrogen and oxygen atoms in total. The molecule has 1 fully saturated rings. The highest BCUT2D eigenvalue weighted by Crippen LogP contribution is 2.15. The van der Waals surface area contributed by atoms with Crippen LogP contribution in [0.3, 0.4) is 0 Å². The van der Waals surface area contributed by atoms with Gasteiger partial charge in [0, 0.05) is 13.2 Å². The molecule has 0 aliphatic carbocycles. The summed E-state index contributed by atoms with van der Waals surface area (Å²) in [6.07, 6.45) is 2.27. The van der Waals surface area contributed by atoms with Crippen molar-refractivity contribution in [2.24, 2.45) is 0 Å². The molecule has 1 aromatic carbocycles. The number of carbonyl (C=O) groups excluding carboxylic acids is 1. The summed E-state index contributed by atoms with van der Waals surface area (Å²) in [7, 11) is 0. The summed E-state index contributed by atoms with van der Waals surface area (Å²) >= 11 is 0. The summed E-state index contributed by atoms with van der Waals surface area (Å²) in [6, 6.07) is 9.79. The van der Waals surface area contributed by atoms with E-state index >= 15 is 0 Å². The van der Waals surface area contributed by atoms with Gasteiger partial charge < -0.3 is 15.4 Å². The van der Waals surface area contributed by atoms with Gasteiger partial charge in [-0.05, 0) is 25.3 Å². The molecule has 98 valence electrons. The minimum Gasteiger partial charge on any atom is -0.376 e. The summed E-state index contributed by atoms with van der Waals surface area (Å²) in [6.45, 7) is 3.34. The Labute approximate surface area is 108 Å². The maximum atomic E-state index is 11.7. The first-order valence-electron chi connectivity index (χ1n) is 6.45. The molecule has 2 amide bonds. The molecule has 1 heterocycles. The van der Waals surface area contributed by atoms with Crippen LogP contribution in [-0.2, 0) is 11.3 Å². The first-order chi connectivity index (χ1) is 8.75. The average Bonchev–Trinajstić information content (AvgIpc) is 2.91. The van der Waals surface area contributed by atoms with E-state index in [0.29, 0.717) is 6.54 Å². The zero-order valence-electron chi connectivity index (χ0n) is 10.7. The fourth-order valence-electron chi connectivity index (χ4n) is 2.13. The molecular formula is C14H20N2O2. The van der Waals surface area contributed by atoms with Gasteiger partial charge in [0.1, 0.15) is 0 Å². The van der Waals surface area contributed by atoms with Crippen LogP contribution in [0.1, 0.15) is 25.3 Å². The smallest absolute Gasteiger partial charge is 0.315 e. The van der Waals surface area contributed by atoms with Gasteiger partial charge in [0.2, 0.25) is 0 Å². The molecule has 0 bridgehead atoms. The van der Waals surface area contributed by atoms with E-state index in [1.807, 2.05) is 37.3 Å². The third-order valence-electron chi connectivity index (χ3n) is 3.18. The van der Waals surface area contributed by atoms with Crippen LogP contribution < -0.4 is 10.6 Å². The highest BCUT2D eigenvalue weighted by atomic mass is 16.5. The number of hydrogen-bond donors (Lipinski definition) is 2. The van der Waals surface area contributed by atoms with Crippen molar-refractivity contribution in [3.05, 3.63) is 35.9 Å². The number of carbonyl (C=O) groups is 1. The number of benzene rings is 1. The second-order valence-corrected chi connectivity index (χ2v) is 4.65. The van der Waals surface area contributed by atoms with E-state index in [4.69, 9.17) is 4.74 Å². The second-order valence-electron chi connectivity index (χ2n) is 4.65. The predicted molar refractivity (Wildman–Crippen MR) is 70.2 cm³/mol. The molecule has 1 aromatic rings. The van der Waals surface area contributed by atoms with Gasteiger partial charge in [-0.2, -0.15) is 0 Å². The van der Waals surface area contributed by atoms with Gasteiger partial charge in [-0.1, -0.05) is 30.3 Å². The van der Waals surface area contributed by atoms with Crippen LogP contribution in [0.15, 0.2) is 30.3 Å². The van der Waals surface area contributed by atoms with Crippen molar-refractivity contribution >= 4 is 6.03 Å². The Morgan fingerprint density at radius 3 is 2.89 bits per heavy atom. The van der Waals surface area contributed by atoms with Gasteiger partial charge >= 0.3 is 6.03 Å². The molecule has 0 unspecified atom stereocenters. The Kier molecular flexibility index (Phi) is 4.59. The highest BCUT2D eigenvalue weighted by Gasteiger charge is 2.23. The Morgan fingerprint density at radius 2 is 2.22 bits per heavy atom. The number of amides is 2. The number of nitrogens with one attached hydrogen (secondary N) is 2. The molecule has 2 rings (SSSR count). The minimum absolute atomic E-state index is 0.0586. The molecule has 18 heavy (non-hydrogen) atoms. The van der Waals surface area contributed by atoms with Crippen molar-refractivity contribution in [2.45, 2.75) is 38.5 Å². The molecule has 1 saturated heterocycles. The number of rotatable bonds is 4. The molecule has 1 aliphatic rings. The number of hydrogen-bond acceptors (Lipinski definition) is 2. The molecule has 2 atom stereocenters. The van der Waals surface area contributed by atoms with E-state index in [-0.39, 0.29) is 18.2 Å². The molecule has 0 saturated carbocycles. The van der Waals surface area contributed by atoms with Crippen molar-refractivity contribution in [2.75, 3.05) is 6.61 Å². The summed E-state index contributed by atoms with van der Waals surface area (Å²) in [5.41, 5.74) is 1.09. The van der Waals surface area contributed by atoms with Gasteiger partial charge in [-0.3, -0.25) is 0 Å². The predicted octanol–water partition coefficient (Wildman–Crippen LogP) is 2.05. The summed E-state index contributed by atoms with van der Waals surface area (Å²) in [5, 5.41) is 5.76. The van der Waals surface area contributed by atoms with Crippen LogP contribution in [0.25, 0.3) is 0 Å². The van der Waals surface area contributed by atoms with Crippen LogP contribution >= 0.6 is 0 Å². The van der Waals surface area contributed by atoms with Crippen molar-refractivity contribution < 1.29 is 9.53 Å². The van der Waals surface area contributed by atoms with Crippen LogP contribution in [-0.4, -0.2) is 24.8 Å². The molecule has 1 aliphatic heterocycles. The first-order valence-corrected chi connectivity index (χ1v) is 6.45. The maximum absolute atomic E-state index is 11.7. The third-order valence-corrected chi connectivity index (χ3v) is 3.18. The van der Waals surface area contributed by atoms with Crippen LogP contribution in [0.5, 0.6) is 0 Å². The topological polar surface area (TPSA) is 50.4 Å². The molecule has 2 N–H and O–H groups in total. The number of urea groups is 1. The third kappa shape index (κ3) is 3.74. The van der Waals surface area contributed by atoms with Crippen molar-refractivity contribution in [3.8, 4) is 0 Å². The van der Waals surface area contributed by atoms with Crippen molar-refractivity contribution in [1.29, 1.82) is 0 Å². The molecule has 0 spiro atoms. The Morgan fingerprint density at radius 1 is 1.44 bits per heavy atom. The largest absolute Gasteiger partial charge is 0.376 e. The lowest BCUT2D eigenvalue weighted by atomic mass is 10.1. The quantitative estimate of drug-likeness (QED) is 0.857. The lowest BCUT2D eigenvalue weighted by molar-refractivity contribution is 0.0860. The Bertz CT molecular complexity index is 375. The fraction of sp³-hybridized carbons (Fsp3) is 0.500. The molecule has 0 radical (unpaired) electrons. The van der Waals surface area contributed by atoms with Crippen LogP contribution in [0.4, 0.5) is 4.79 Å². The highest BCUT2D eigenvalue weighted by molar-refractivity contribution is 5.74. The lowest BCUT2D eigenvalue weighted by Gasteiger charge is -2.20. The fourth-order valence-corrected chi connectivity index (χ4v) is 2.13. The monoisotopic (exact) mass is 248 g/mol. The van der Waals surface area contributed by atoms with Gasteiger partial charge in [0.25, 0.3) is 0 Å². The van der Waals surface area contributed by atoms with E-state index in [1.165, 1.54) is 0 Å². The summed E-state index contributed by atoms with van der Waals surface area (Å²) in [4.78, 5) is 11.7. The van der Waals surface area contributed by atoms with Gasteiger partial charge in [-0.15, -0.1) is 0 Å². The van der Waals surface area contributed by atoms with E-state index in [2.05, 4.69) is 10.6 Å². The van der Waals surface area contributed by atoms with E-state index < -0.39 is 0 Å². The minimum atomic E-state index is -0.137. The normalized spacial score (nSPS) is 20.4.